The summed E-state index contributed by atoms with van der Waals surface area (Å²) in [4.78, 5) is 20.9. The van der Waals surface area contributed by atoms with Crippen LogP contribution in [0.2, 0.25) is 0 Å². The minimum absolute atomic E-state index is 0.267. The number of aryl methyl sites for hydroxylation is 2. The summed E-state index contributed by atoms with van der Waals surface area (Å²) in [5.41, 5.74) is 5.67. The fourth-order valence-electron chi connectivity index (χ4n) is 2.60. The normalized spacial score (nSPS) is 10.4. The van der Waals surface area contributed by atoms with Crippen molar-refractivity contribution in [3.63, 3.8) is 0 Å². The molecule has 0 fully saturated rings. The lowest BCUT2D eigenvalue weighted by molar-refractivity contribution is 0.102. The Kier molecular flexibility index (Phi) is 5.27. The molecular weight excluding hydrogens is 324 g/mol. The third kappa shape index (κ3) is 4.06. The molecule has 5 heteroatoms. The van der Waals surface area contributed by atoms with Gasteiger partial charge in [0.15, 0.2) is 0 Å². The van der Waals surface area contributed by atoms with E-state index in [9.17, 15) is 4.79 Å². The van der Waals surface area contributed by atoms with Gasteiger partial charge in [0.2, 0.25) is 0 Å². The first kappa shape index (κ1) is 17.6. The van der Waals surface area contributed by atoms with Crippen LogP contribution in [-0.4, -0.2) is 15.9 Å². The van der Waals surface area contributed by atoms with Gasteiger partial charge in [-0.2, -0.15) is 0 Å². The Hall–Kier alpha value is -3.21. The van der Waals surface area contributed by atoms with Crippen molar-refractivity contribution in [3.8, 4) is 0 Å². The second kappa shape index (κ2) is 7.78. The van der Waals surface area contributed by atoms with E-state index in [-0.39, 0.29) is 11.6 Å². The maximum Gasteiger partial charge on any atom is 0.275 e. The lowest BCUT2D eigenvalue weighted by Gasteiger charge is -2.10. The maximum atomic E-state index is 12.4. The molecule has 0 atom stereocenters. The minimum Gasteiger partial charge on any atom is -0.365 e. The van der Waals surface area contributed by atoms with Gasteiger partial charge < -0.3 is 10.6 Å². The van der Waals surface area contributed by atoms with Gasteiger partial charge in [-0.1, -0.05) is 36.4 Å². The molecule has 3 rings (SSSR count). The maximum absolute atomic E-state index is 12.4. The highest BCUT2D eigenvalue weighted by Gasteiger charge is 2.10. The summed E-state index contributed by atoms with van der Waals surface area (Å²) < 4.78 is 0. The van der Waals surface area contributed by atoms with Crippen molar-refractivity contribution in [1.29, 1.82) is 0 Å². The topological polar surface area (TPSA) is 66.9 Å². The largest absolute Gasteiger partial charge is 0.365 e. The molecule has 2 N–H and O–H groups in total. The first-order valence-corrected chi connectivity index (χ1v) is 8.52. The molecular formula is C21H22N4O. The Morgan fingerprint density at radius 1 is 0.923 bits per heavy atom. The molecule has 0 aliphatic carbocycles. The number of amides is 1. The van der Waals surface area contributed by atoms with Gasteiger partial charge in [-0.05, 0) is 49.1 Å². The summed E-state index contributed by atoms with van der Waals surface area (Å²) in [6.45, 7) is 6.73. The second-order valence-corrected chi connectivity index (χ2v) is 6.27. The molecule has 0 saturated carbocycles. The molecule has 1 heterocycles. The summed E-state index contributed by atoms with van der Waals surface area (Å²) >= 11 is 0. The van der Waals surface area contributed by atoms with Gasteiger partial charge >= 0.3 is 0 Å². The van der Waals surface area contributed by atoms with Crippen LogP contribution in [0.1, 0.15) is 32.7 Å². The van der Waals surface area contributed by atoms with E-state index in [1.54, 1.807) is 6.20 Å². The van der Waals surface area contributed by atoms with E-state index < -0.39 is 0 Å². The van der Waals surface area contributed by atoms with Gasteiger partial charge in [0.05, 0.1) is 12.4 Å². The van der Waals surface area contributed by atoms with Crippen LogP contribution in [0.25, 0.3) is 0 Å². The van der Waals surface area contributed by atoms with Crippen LogP contribution in [0.15, 0.2) is 54.9 Å². The average Bonchev–Trinajstić information content (AvgIpc) is 2.65. The lowest BCUT2D eigenvalue weighted by atomic mass is 10.1. The molecule has 0 aliphatic heterocycles. The molecule has 5 nitrogen and oxygen atoms in total. The minimum atomic E-state index is -0.267. The number of hydrogen-bond donors (Lipinski definition) is 2. The van der Waals surface area contributed by atoms with E-state index in [1.807, 2.05) is 44.2 Å². The Morgan fingerprint density at radius 2 is 1.69 bits per heavy atom. The van der Waals surface area contributed by atoms with E-state index in [0.717, 1.165) is 16.8 Å². The predicted octanol–water partition coefficient (Wildman–Crippen LogP) is 4.27. The highest BCUT2D eigenvalue weighted by molar-refractivity contribution is 6.03. The SMILES string of the molecule is Cc1ccccc1CNc1cnc(C(=O)Nc2cccc(C)c2C)cn1. The summed E-state index contributed by atoms with van der Waals surface area (Å²) in [6.07, 6.45) is 3.07. The molecule has 0 radical (unpaired) electrons. The highest BCUT2D eigenvalue weighted by atomic mass is 16.1. The Labute approximate surface area is 153 Å². The van der Waals surface area contributed by atoms with Crippen molar-refractivity contribution in [2.45, 2.75) is 27.3 Å². The Bertz CT molecular complexity index is 920. The van der Waals surface area contributed by atoms with Gasteiger partial charge in [-0.25, -0.2) is 9.97 Å². The van der Waals surface area contributed by atoms with Crippen molar-refractivity contribution >= 4 is 17.4 Å². The molecule has 0 spiro atoms. The smallest absolute Gasteiger partial charge is 0.275 e. The summed E-state index contributed by atoms with van der Waals surface area (Å²) in [7, 11) is 0. The molecule has 3 aromatic rings. The van der Waals surface area contributed by atoms with Crippen molar-refractivity contribution in [2.75, 3.05) is 10.6 Å². The van der Waals surface area contributed by atoms with Crippen LogP contribution in [0.3, 0.4) is 0 Å². The van der Waals surface area contributed by atoms with Gasteiger partial charge in [0.1, 0.15) is 11.5 Å². The standard InChI is InChI=1S/C21H22N4O/c1-14-8-6-10-18(16(14)3)25-21(26)19-12-24-20(13-22-19)23-11-17-9-5-4-7-15(17)2/h4-10,12-13H,11H2,1-3H3,(H,23,24)(H,25,26). The zero-order valence-corrected chi connectivity index (χ0v) is 15.2. The zero-order valence-electron chi connectivity index (χ0n) is 15.2. The van der Waals surface area contributed by atoms with Crippen LogP contribution in [0, 0.1) is 20.8 Å². The van der Waals surface area contributed by atoms with Crippen molar-refractivity contribution in [1.82, 2.24) is 9.97 Å². The summed E-state index contributed by atoms with van der Waals surface area (Å²) in [6, 6.07) is 14.0. The van der Waals surface area contributed by atoms with E-state index >= 15 is 0 Å². The quantitative estimate of drug-likeness (QED) is 0.724. The average molecular weight is 346 g/mol. The third-order valence-corrected chi connectivity index (χ3v) is 4.46. The van der Waals surface area contributed by atoms with Gasteiger partial charge in [0, 0.05) is 12.2 Å². The molecule has 0 aliphatic rings. The number of carbonyl (C=O) groups is 1. The molecule has 132 valence electrons. The molecule has 2 aromatic carbocycles. The first-order valence-electron chi connectivity index (χ1n) is 8.52. The fraction of sp³-hybridized carbons (Fsp3) is 0.190. The number of carbonyl (C=O) groups excluding carboxylic acids is 1. The number of hydrogen-bond acceptors (Lipinski definition) is 4. The van der Waals surface area contributed by atoms with E-state index in [2.05, 4.69) is 39.7 Å². The molecule has 0 bridgehead atoms. The Balaban J connectivity index is 1.64. The van der Waals surface area contributed by atoms with Crippen LogP contribution in [0.5, 0.6) is 0 Å². The third-order valence-electron chi connectivity index (χ3n) is 4.46. The highest BCUT2D eigenvalue weighted by Crippen LogP contribution is 2.18. The summed E-state index contributed by atoms with van der Waals surface area (Å²) in [5.74, 6) is 0.369. The van der Waals surface area contributed by atoms with E-state index in [0.29, 0.717) is 12.4 Å². The van der Waals surface area contributed by atoms with Crippen molar-refractivity contribution in [2.24, 2.45) is 0 Å². The number of nitrogens with zero attached hydrogens (tertiary/aromatic N) is 2. The lowest BCUT2D eigenvalue weighted by Crippen LogP contribution is -2.15. The van der Waals surface area contributed by atoms with Crippen LogP contribution < -0.4 is 10.6 Å². The molecule has 1 aromatic heterocycles. The molecule has 0 unspecified atom stereocenters. The molecule has 0 saturated heterocycles. The van der Waals surface area contributed by atoms with Crippen LogP contribution in [0.4, 0.5) is 11.5 Å². The van der Waals surface area contributed by atoms with Crippen molar-refractivity contribution in [3.05, 3.63) is 82.8 Å². The zero-order chi connectivity index (χ0) is 18.5. The van der Waals surface area contributed by atoms with Crippen LogP contribution in [-0.2, 0) is 6.54 Å². The first-order chi connectivity index (χ1) is 12.5. The Morgan fingerprint density at radius 3 is 2.42 bits per heavy atom. The van der Waals surface area contributed by atoms with Gasteiger partial charge in [-0.3, -0.25) is 4.79 Å². The number of anilines is 2. The number of aromatic nitrogens is 2. The number of nitrogens with one attached hydrogen (secondary N) is 2. The van der Waals surface area contributed by atoms with E-state index in [4.69, 9.17) is 0 Å². The molecule has 26 heavy (non-hydrogen) atoms. The summed E-state index contributed by atoms with van der Waals surface area (Å²) in [5, 5.41) is 6.12. The monoisotopic (exact) mass is 346 g/mol. The second-order valence-electron chi connectivity index (χ2n) is 6.27. The van der Waals surface area contributed by atoms with Crippen molar-refractivity contribution < 1.29 is 4.79 Å². The van der Waals surface area contributed by atoms with Gasteiger partial charge in [0.25, 0.3) is 5.91 Å². The fourth-order valence-corrected chi connectivity index (χ4v) is 2.60. The van der Waals surface area contributed by atoms with Gasteiger partial charge in [-0.15, -0.1) is 0 Å². The van der Waals surface area contributed by atoms with Crippen LogP contribution >= 0.6 is 0 Å². The number of benzene rings is 2. The number of rotatable bonds is 5. The predicted molar refractivity (Wildman–Crippen MR) is 104 cm³/mol. The molecule has 1 amide bonds. The van der Waals surface area contributed by atoms with E-state index in [1.165, 1.54) is 17.3 Å².